The smallest absolute Gasteiger partial charge is 0.281 e. The number of halogens is 2. The van der Waals surface area contributed by atoms with Crippen LogP contribution in [-0.4, -0.2) is 15.5 Å². The van der Waals surface area contributed by atoms with Crippen molar-refractivity contribution in [2.24, 2.45) is 4.99 Å². The van der Waals surface area contributed by atoms with E-state index in [-0.39, 0.29) is 0 Å². The number of rotatable bonds is 3. The molecule has 0 saturated heterocycles. The summed E-state index contributed by atoms with van der Waals surface area (Å²) in [7, 11) is 0. The highest BCUT2D eigenvalue weighted by Crippen LogP contribution is 2.21. The van der Waals surface area contributed by atoms with Crippen LogP contribution in [0.4, 0.5) is 0 Å². The van der Waals surface area contributed by atoms with E-state index in [1.165, 1.54) is 17.4 Å². The molecule has 124 valence electrons. The van der Waals surface area contributed by atoms with Gasteiger partial charge in [0.1, 0.15) is 0 Å². The molecule has 4 nitrogen and oxygen atoms in total. The fraction of sp³-hybridized carbons (Fsp3) is 0.188. The van der Waals surface area contributed by atoms with E-state index in [2.05, 4.69) is 9.98 Å². The van der Waals surface area contributed by atoms with Crippen molar-refractivity contribution in [3.63, 3.8) is 0 Å². The average Bonchev–Trinajstić information content (AvgIpc) is 3.08. The number of thiazole rings is 2. The van der Waals surface area contributed by atoms with E-state index in [4.69, 9.17) is 23.2 Å². The van der Waals surface area contributed by atoms with Gasteiger partial charge in [-0.3, -0.25) is 4.79 Å². The lowest BCUT2D eigenvalue weighted by Gasteiger charge is -2.01. The minimum Gasteiger partial charge on any atom is -0.317 e. The van der Waals surface area contributed by atoms with E-state index in [1.54, 1.807) is 23.5 Å². The first-order chi connectivity index (χ1) is 11.4. The summed E-state index contributed by atoms with van der Waals surface area (Å²) in [5, 5.41) is 3.81. The van der Waals surface area contributed by atoms with Gasteiger partial charge in [-0.2, -0.15) is 4.99 Å². The molecule has 8 heteroatoms. The predicted octanol–water partition coefficient (Wildman–Crippen LogP) is 4.72. The van der Waals surface area contributed by atoms with Crippen LogP contribution in [0, 0.1) is 13.8 Å². The van der Waals surface area contributed by atoms with Gasteiger partial charge < -0.3 is 4.57 Å². The molecule has 3 rings (SSSR count). The predicted molar refractivity (Wildman–Crippen MR) is 99.4 cm³/mol. The van der Waals surface area contributed by atoms with Crippen LogP contribution < -0.4 is 4.80 Å². The molecule has 0 aliphatic rings. The monoisotopic (exact) mass is 397 g/mol. The summed E-state index contributed by atoms with van der Waals surface area (Å²) in [4.78, 5) is 22.8. The molecule has 1 aromatic carbocycles. The maximum Gasteiger partial charge on any atom is 0.281 e. The molecule has 0 fully saturated rings. The number of carbonyl (C=O) groups is 1. The summed E-state index contributed by atoms with van der Waals surface area (Å²) < 4.78 is 1.92. The first-order valence-electron chi connectivity index (χ1n) is 7.04. The zero-order valence-corrected chi connectivity index (χ0v) is 16.1. The van der Waals surface area contributed by atoms with E-state index in [0.29, 0.717) is 27.0 Å². The van der Waals surface area contributed by atoms with Gasteiger partial charge in [-0.1, -0.05) is 23.2 Å². The molecule has 2 heterocycles. The Balaban J connectivity index is 1.98. The molecule has 3 aromatic rings. The van der Waals surface area contributed by atoms with E-state index < -0.39 is 5.91 Å². The van der Waals surface area contributed by atoms with Crippen LogP contribution in [0.5, 0.6) is 0 Å². The molecule has 0 bridgehead atoms. The van der Waals surface area contributed by atoms with Gasteiger partial charge in [-0.05, 0) is 32.0 Å². The molecule has 0 radical (unpaired) electrons. The fourth-order valence-corrected chi connectivity index (χ4v) is 3.97. The summed E-state index contributed by atoms with van der Waals surface area (Å²) >= 11 is 15.1. The minimum absolute atomic E-state index is 0.297. The molecular weight excluding hydrogens is 385 g/mol. The quantitative estimate of drug-likeness (QED) is 0.641. The standard InChI is InChI=1S/C16H13Cl2N3OS2/c1-9-6-21(7-12-8-23-10(2)19-12)16(24-9)20-15(22)13-5-11(17)3-4-14(13)18/h3-6,8H,7H2,1-2H3. The second-order valence-electron chi connectivity index (χ2n) is 5.15. The lowest BCUT2D eigenvalue weighted by molar-refractivity contribution is 0.0998. The number of hydrogen-bond donors (Lipinski definition) is 0. The Hall–Kier alpha value is -1.47. The number of aromatic nitrogens is 2. The summed E-state index contributed by atoms with van der Waals surface area (Å²) in [5.74, 6) is -0.410. The Labute approximate surface area is 157 Å². The number of amides is 1. The molecule has 24 heavy (non-hydrogen) atoms. The van der Waals surface area contributed by atoms with E-state index in [9.17, 15) is 4.79 Å². The minimum atomic E-state index is -0.410. The van der Waals surface area contributed by atoms with Crippen molar-refractivity contribution in [2.75, 3.05) is 0 Å². The van der Waals surface area contributed by atoms with E-state index in [1.807, 2.05) is 30.0 Å². The van der Waals surface area contributed by atoms with Crippen LogP contribution in [0.15, 0.2) is 34.8 Å². The second-order valence-corrected chi connectivity index (χ2v) is 8.27. The van der Waals surface area contributed by atoms with Crippen molar-refractivity contribution >= 4 is 51.8 Å². The molecule has 0 N–H and O–H groups in total. The van der Waals surface area contributed by atoms with Crippen molar-refractivity contribution in [1.82, 2.24) is 9.55 Å². The third kappa shape index (κ3) is 3.95. The van der Waals surface area contributed by atoms with Crippen LogP contribution >= 0.6 is 45.9 Å². The van der Waals surface area contributed by atoms with Crippen molar-refractivity contribution in [2.45, 2.75) is 20.4 Å². The van der Waals surface area contributed by atoms with Crippen molar-refractivity contribution in [1.29, 1.82) is 0 Å². The van der Waals surface area contributed by atoms with Crippen molar-refractivity contribution in [3.8, 4) is 0 Å². The normalized spacial score (nSPS) is 11.9. The van der Waals surface area contributed by atoms with Gasteiger partial charge >= 0.3 is 0 Å². The van der Waals surface area contributed by atoms with Gasteiger partial charge in [0.25, 0.3) is 5.91 Å². The molecule has 0 aliphatic heterocycles. The van der Waals surface area contributed by atoms with Crippen LogP contribution in [0.3, 0.4) is 0 Å². The van der Waals surface area contributed by atoms with Crippen molar-refractivity contribution in [3.05, 3.63) is 65.8 Å². The van der Waals surface area contributed by atoms with Gasteiger partial charge in [0.15, 0.2) is 4.80 Å². The third-order valence-electron chi connectivity index (χ3n) is 3.19. The van der Waals surface area contributed by atoms with Gasteiger partial charge in [-0.25, -0.2) is 4.98 Å². The SMILES string of the molecule is Cc1cn(Cc2csc(C)n2)c(=NC(=O)c2cc(Cl)ccc2Cl)s1. The Morgan fingerprint density at radius 3 is 2.83 bits per heavy atom. The number of benzene rings is 1. The number of hydrogen-bond acceptors (Lipinski definition) is 4. The molecule has 0 saturated carbocycles. The Morgan fingerprint density at radius 2 is 2.12 bits per heavy atom. The van der Waals surface area contributed by atoms with Gasteiger partial charge in [0.2, 0.25) is 0 Å². The topological polar surface area (TPSA) is 47.2 Å². The highest BCUT2D eigenvalue weighted by Gasteiger charge is 2.11. The fourth-order valence-electron chi connectivity index (χ4n) is 2.17. The summed E-state index contributed by atoms with van der Waals surface area (Å²) in [6.45, 7) is 4.51. The first kappa shape index (κ1) is 17.4. The summed E-state index contributed by atoms with van der Waals surface area (Å²) in [6.07, 6.45) is 1.96. The Kier molecular flexibility index (Phi) is 5.20. The van der Waals surface area contributed by atoms with Crippen molar-refractivity contribution < 1.29 is 4.79 Å². The average molecular weight is 398 g/mol. The molecule has 1 amide bonds. The first-order valence-corrected chi connectivity index (χ1v) is 9.49. The zero-order chi connectivity index (χ0) is 17.3. The highest BCUT2D eigenvalue weighted by molar-refractivity contribution is 7.09. The molecule has 0 aliphatic carbocycles. The molecule has 0 unspecified atom stereocenters. The second kappa shape index (κ2) is 7.19. The summed E-state index contributed by atoms with van der Waals surface area (Å²) in [6, 6.07) is 4.77. The lowest BCUT2D eigenvalue weighted by Crippen LogP contribution is -2.17. The van der Waals surface area contributed by atoms with Crippen LogP contribution in [0.2, 0.25) is 10.0 Å². The maximum atomic E-state index is 12.5. The van der Waals surface area contributed by atoms with E-state index >= 15 is 0 Å². The number of aryl methyl sites for hydroxylation is 2. The zero-order valence-electron chi connectivity index (χ0n) is 12.9. The molecule has 2 aromatic heterocycles. The number of carbonyl (C=O) groups excluding carboxylic acids is 1. The van der Waals surface area contributed by atoms with E-state index in [0.717, 1.165) is 15.6 Å². The third-order valence-corrected chi connectivity index (χ3v) is 5.51. The Bertz CT molecular complexity index is 972. The van der Waals surface area contributed by atoms with Crippen LogP contribution in [0.25, 0.3) is 0 Å². The van der Waals surface area contributed by atoms with Gasteiger partial charge in [0.05, 0.1) is 27.8 Å². The molecule has 0 atom stereocenters. The summed E-state index contributed by atoms with van der Waals surface area (Å²) in [5.41, 5.74) is 1.25. The largest absolute Gasteiger partial charge is 0.317 e. The molecular formula is C16H13Cl2N3OS2. The highest BCUT2D eigenvalue weighted by atomic mass is 35.5. The Morgan fingerprint density at radius 1 is 1.33 bits per heavy atom. The maximum absolute atomic E-state index is 12.5. The van der Waals surface area contributed by atoms with Gasteiger partial charge in [0, 0.05) is 21.5 Å². The van der Waals surface area contributed by atoms with Crippen LogP contribution in [-0.2, 0) is 6.54 Å². The van der Waals surface area contributed by atoms with Gasteiger partial charge in [-0.15, -0.1) is 22.7 Å². The lowest BCUT2D eigenvalue weighted by atomic mass is 10.2. The number of nitrogens with zero attached hydrogens (tertiary/aromatic N) is 3. The van der Waals surface area contributed by atoms with Crippen LogP contribution in [0.1, 0.15) is 25.9 Å². The molecule has 0 spiro atoms.